The van der Waals surface area contributed by atoms with E-state index >= 15 is 0 Å². The van der Waals surface area contributed by atoms with E-state index in [0.717, 1.165) is 27.1 Å². The van der Waals surface area contributed by atoms with Gasteiger partial charge in [0.1, 0.15) is 0 Å². The fourth-order valence-corrected chi connectivity index (χ4v) is 7.89. The zero-order valence-corrected chi connectivity index (χ0v) is 25.0. The van der Waals surface area contributed by atoms with Gasteiger partial charge in [0.15, 0.2) is 17.5 Å². The topological polar surface area (TPSA) is 38.7 Å². The van der Waals surface area contributed by atoms with Gasteiger partial charge >= 0.3 is 0 Å². The Balaban J connectivity index is 1.24. The Labute approximate surface area is 251 Å². The van der Waals surface area contributed by atoms with E-state index in [-0.39, 0.29) is 10.8 Å². The van der Waals surface area contributed by atoms with Gasteiger partial charge in [-0.05, 0) is 65.7 Å². The van der Waals surface area contributed by atoms with Crippen LogP contribution in [0, 0.1) is 5.92 Å². The second kappa shape index (κ2) is 10.6. The third-order valence-electron chi connectivity index (χ3n) is 9.41. The highest BCUT2D eigenvalue weighted by atomic mass is 79.9. The molecule has 1 heterocycles. The van der Waals surface area contributed by atoms with Crippen LogP contribution in [0.2, 0.25) is 0 Å². The van der Waals surface area contributed by atoms with Gasteiger partial charge in [-0.15, -0.1) is 0 Å². The van der Waals surface area contributed by atoms with Crippen molar-refractivity contribution in [1.29, 1.82) is 0 Å². The SMILES string of the molecule is CC1(c2ccc(-c3nc(-c4ccccc4)nc(-c4ccccc4)n3)cc2)CC2CCCC(c3ccc(Br)cc3)(C2)C1. The molecular weight excluding hydrogens is 566 g/mol. The molecule has 7 rings (SSSR count). The smallest absolute Gasteiger partial charge is 0.164 e. The first-order valence-corrected chi connectivity index (χ1v) is 15.5. The maximum atomic E-state index is 4.94. The third-order valence-corrected chi connectivity index (χ3v) is 9.94. The highest BCUT2D eigenvalue weighted by Gasteiger charge is 2.49. The van der Waals surface area contributed by atoms with Gasteiger partial charge in [0.2, 0.25) is 0 Å². The van der Waals surface area contributed by atoms with Gasteiger partial charge in [-0.1, -0.05) is 133 Å². The number of hydrogen-bond donors (Lipinski definition) is 0. The molecule has 204 valence electrons. The van der Waals surface area contributed by atoms with E-state index in [9.17, 15) is 0 Å². The summed E-state index contributed by atoms with van der Waals surface area (Å²) >= 11 is 3.64. The molecule has 41 heavy (non-hydrogen) atoms. The Morgan fingerprint density at radius 3 is 1.68 bits per heavy atom. The van der Waals surface area contributed by atoms with Crippen molar-refractivity contribution < 1.29 is 0 Å². The van der Waals surface area contributed by atoms with Crippen molar-refractivity contribution >= 4 is 15.9 Å². The normalized spacial score (nSPS) is 23.7. The molecule has 2 saturated carbocycles. The molecule has 2 fully saturated rings. The molecule has 1 aromatic heterocycles. The van der Waals surface area contributed by atoms with Gasteiger partial charge in [-0.3, -0.25) is 0 Å². The number of hydrogen-bond acceptors (Lipinski definition) is 3. The van der Waals surface area contributed by atoms with Gasteiger partial charge in [0.05, 0.1) is 0 Å². The van der Waals surface area contributed by atoms with E-state index in [4.69, 9.17) is 15.0 Å². The minimum atomic E-state index is 0.137. The van der Waals surface area contributed by atoms with Crippen molar-refractivity contribution in [1.82, 2.24) is 15.0 Å². The van der Waals surface area contributed by atoms with Crippen LogP contribution in [-0.2, 0) is 10.8 Å². The van der Waals surface area contributed by atoms with E-state index in [2.05, 4.69) is 95.7 Å². The Hall–Kier alpha value is -3.63. The molecule has 5 aromatic rings. The summed E-state index contributed by atoms with van der Waals surface area (Å²) < 4.78 is 1.16. The van der Waals surface area contributed by atoms with Crippen LogP contribution in [0.5, 0.6) is 0 Å². The Morgan fingerprint density at radius 2 is 1.12 bits per heavy atom. The van der Waals surface area contributed by atoms with Crippen LogP contribution in [0.3, 0.4) is 0 Å². The van der Waals surface area contributed by atoms with Crippen LogP contribution in [0.25, 0.3) is 34.2 Å². The molecule has 4 aromatic carbocycles. The molecule has 3 unspecified atom stereocenters. The molecular formula is C37H34BrN3. The van der Waals surface area contributed by atoms with Gasteiger partial charge in [0, 0.05) is 21.2 Å². The van der Waals surface area contributed by atoms with Crippen LogP contribution < -0.4 is 0 Å². The average Bonchev–Trinajstić information content (AvgIpc) is 3.02. The van der Waals surface area contributed by atoms with Crippen LogP contribution >= 0.6 is 15.9 Å². The maximum Gasteiger partial charge on any atom is 0.164 e. The quantitative estimate of drug-likeness (QED) is 0.202. The average molecular weight is 601 g/mol. The van der Waals surface area contributed by atoms with Crippen LogP contribution in [0.15, 0.2) is 114 Å². The molecule has 0 N–H and O–H groups in total. The standard InChI is InChI=1S/C37H34BrN3/c1-36(23-26-9-8-22-37(24-26,25-36)31-18-20-32(38)21-19-31)30-16-14-29(15-17-30)35-40-33(27-10-4-2-5-11-27)39-34(41-35)28-12-6-3-7-13-28/h2-7,10-21,26H,8-9,22-25H2,1H3. The number of aromatic nitrogens is 3. The minimum absolute atomic E-state index is 0.137. The van der Waals surface area contributed by atoms with Crippen molar-refractivity contribution in [2.24, 2.45) is 5.92 Å². The summed E-state index contributed by atoms with van der Waals surface area (Å²) in [7, 11) is 0. The Bertz CT molecular complexity index is 1590. The fraction of sp³-hybridized carbons (Fsp3) is 0.270. The first kappa shape index (κ1) is 26.3. The van der Waals surface area contributed by atoms with Gasteiger partial charge in [-0.25, -0.2) is 15.0 Å². The Kier molecular flexibility index (Phi) is 6.83. The molecule has 0 saturated heterocycles. The highest BCUT2D eigenvalue weighted by Crippen LogP contribution is 2.57. The second-order valence-corrected chi connectivity index (χ2v) is 13.2. The monoisotopic (exact) mass is 599 g/mol. The first-order valence-electron chi connectivity index (χ1n) is 14.7. The number of halogens is 1. The number of nitrogens with zero attached hydrogens (tertiary/aromatic N) is 3. The molecule has 3 atom stereocenters. The van der Waals surface area contributed by atoms with E-state index in [0.29, 0.717) is 17.5 Å². The van der Waals surface area contributed by atoms with E-state index in [1.54, 1.807) is 0 Å². The van der Waals surface area contributed by atoms with Crippen molar-refractivity contribution in [3.8, 4) is 34.2 Å². The summed E-state index contributed by atoms with van der Waals surface area (Å²) in [6.07, 6.45) is 7.74. The van der Waals surface area contributed by atoms with Gasteiger partial charge in [-0.2, -0.15) is 0 Å². The predicted octanol–water partition coefficient (Wildman–Crippen LogP) is 9.81. The van der Waals surface area contributed by atoms with Crippen molar-refractivity contribution in [3.63, 3.8) is 0 Å². The molecule has 3 nitrogen and oxygen atoms in total. The summed E-state index contributed by atoms with van der Waals surface area (Å²) in [6, 6.07) is 38.6. The fourth-order valence-electron chi connectivity index (χ4n) is 7.62. The molecule has 4 heteroatoms. The van der Waals surface area contributed by atoms with Gasteiger partial charge < -0.3 is 0 Å². The molecule has 0 spiro atoms. The second-order valence-electron chi connectivity index (χ2n) is 12.3. The number of fused-ring (bicyclic) bond motifs is 2. The molecule has 0 radical (unpaired) electrons. The Morgan fingerprint density at radius 1 is 0.610 bits per heavy atom. The zero-order valence-electron chi connectivity index (χ0n) is 23.4. The molecule has 2 aliphatic carbocycles. The number of benzene rings is 4. The van der Waals surface area contributed by atoms with Crippen LogP contribution in [0.1, 0.15) is 56.6 Å². The summed E-state index contributed by atoms with van der Waals surface area (Å²) in [5.74, 6) is 2.88. The number of rotatable bonds is 5. The van der Waals surface area contributed by atoms with Crippen molar-refractivity contribution in [3.05, 3.63) is 125 Å². The maximum absolute atomic E-state index is 4.94. The lowest BCUT2D eigenvalue weighted by molar-refractivity contribution is 0.0874. The first-order chi connectivity index (χ1) is 20.0. The molecule has 0 amide bonds. The summed E-state index contributed by atoms with van der Waals surface area (Å²) in [5, 5.41) is 0. The lowest BCUT2D eigenvalue weighted by atomic mass is 9.51. The van der Waals surface area contributed by atoms with Crippen LogP contribution in [0.4, 0.5) is 0 Å². The molecule has 0 aliphatic heterocycles. The zero-order chi connectivity index (χ0) is 27.9. The largest absolute Gasteiger partial charge is 0.208 e. The lowest BCUT2D eigenvalue weighted by Crippen LogP contribution is -2.46. The van der Waals surface area contributed by atoms with E-state index in [1.807, 2.05) is 36.4 Å². The lowest BCUT2D eigenvalue weighted by Gasteiger charge is -2.53. The minimum Gasteiger partial charge on any atom is -0.208 e. The van der Waals surface area contributed by atoms with Crippen LogP contribution in [-0.4, -0.2) is 15.0 Å². The summed E-state index contributed by atoms with van der Waals surface area (Å²) in [5.41, 5.74) is 6.34. The van der Waals surface area contributed by atoms with Gasteiger partial charge in [0.25, 0.3) is 0 Å². The van der Waals surface area contributed by atoms with Crippen molar-refractivity contribution in [2.75, 3.05) is 0 Å². The highest BCUT2D eigenvalue weighted by molar-refractivity contribution is 9.10. The van der Waals surface area contributed by atoms with Crippen molar-refractivity contribution in [2.45, 2.75) is 56.3 Å². The third kappa shape index (κ3) is 5.15. The van der Waals surface area contributed by atoms with E-state index < -0.39 is 0 Å². The molecule has 2 bridgehead atoms. The van der Waals surface area contributed by atoms with E-state index in [1.165, 1.54) is 49.7 Å². The molecule has 2 aliphatic rings. The predicted molar refractivity (Wildman–Crippen MR) is 170 cm³/mol. The summed E-state index contributed by atoms with van der Waals surface area (Å²) in [4.78, 5) is 14.7. The summed E-state index contributed by atoms with van der Waals surface area (Å²) in [6.45, 7) is 2.50.